The molecule has 0 aromatic heterocycles. The number of nitrogens with one attached hydrogen (secondary N) is 1. The zero-order valence-corrected chi connectivity index (χ0v) is 6.89. The summed E-state index contributed by atoms with van der Waals surface area (Å²) < 4.78 is 4.75. The van der Waals surface area contributed by atoms with Gasteiger partial charge in [0.1, 0.15) is 6.61 Å². The van der Waals surface area contributed by atoms with Crippen LogP contribution in [-0.2, 0) is 11.3 Å². The number of rotatable bonds is 0. The fraction of sp³-hybridized carbons (Fsp3) is 0.125. The van der Waals surface area contributed by atoms with Crippen LogP contribution in [0.2, 0.25) is 5.02 Å². The molecule has 1 amide bonds. The highest BCUT2D eigenvalue weighted by Crippen LogP contribution is 2.24. The Morgan fingerprint density at radius 2 is 2.33 bits per heavy atom. The lowest BCUT2D eigenvalue weighted by molar-refractivity contribution is 0.151. The lowest BCUT2D eigenvalue weighted by atomic mass is 10.2. The van der Waals surface area contributed by atoms with Crippen molar-refractivity contribution in [3.63, 3.8) is 0 Å². The number of amides is 1. The highest BCUT2D eigenvalue weighted by atomic mass is 35.5. The number of carbonyl (C=O) groups is 1. The van der Waals surface area contributed by atoms with E-state index in [2.05, 4.69) is 5.32 Å². The second kappa shape index (κ2) is 2.68. The molecule has 3 nitrogen and oxygen atoms in total. The molecule has 0 saturated carbocycles. The third kappa shape index (κ3) is 1.23. The van der Waals surface area contributed by atoms with Gasteiger partial charge in [-0.1, -0.05) is 17.7 Å². The predicted octanol–water partition coefficient (Wildman–Crippen LogP) is 2.40. The van der Waals surface area contributed by atoms with Gasteiger partial charge in [0.05, 0.1) is 5.69 Å². The maximum absolute atomic E-state index is 10.8. The number of halogens is 1. The summed E-state index contributed by atoms with van der Waals surface area (Å²) in [6.07, 6.45) is -0.426. The molecule has 0 bridgehead atoms. The first-order valence-electron chi connectivity index (χ1n) is 3.48. The number of hydrogen-bond acceptors (Lipinski definition) is 2. The number of carbonyl (C=O) groups excluding carboxylic acids is 1. The minimum absolute atomic E-state index is 0.318. The van der Waals surface area contributed by atoms with Gasteiger partial charge in [-0.2, -0.15) is 0 Å². The van der Waals surface area contributed by atoms with Crippen molar-refractivity contribution in [2.45, 2.75) is 6.61 Å². The first-order chi connectivity index (χ1) is 5.75. The van der Waals surface area contributed by atoms with Gasteiger partial charge in [0, 0.05) is 10.6 Å². The molecule has 4 heteroatoms. The van der Waals surface area contributed by atoms with E-state index in [0.29, 0.717) is 11.6 Å². The SMILES string of the molecule is O=C1Nc2cc(Cl)ccc2CO1. The molecule has 0 unspecified atom stereocenters. The molecule has 1 aliphatic rings. The van der Waals surface area contributed by atoms with Crippen LogP contribution in [0.1, 0.15) is 5.56 Å². The molecule has 12 heavy (non-hydrogen) atoms. The van der Waals surface area contributed by atoms with E-state index in [1.54, 1.807) is 12.1 Å². The van der Waals surface area contributed by atoms with Crippen molar-refractivity contribution in [1.29, 1.82) is 0 Å². The Hall–Kier alpha value is -1.22. The molecule has 0 aliphatic carbocycles. The zero-order chi connectivity index (χ0) is 8.55. The van der Waals surface area contributed by atoms with Crippen molar-refractivity contribution in [1.82, 2.24) is 0 Å². The second-order valence-electron chi connectivity index (χ2n) is 2.50. The number of cyclic esters (lactones) is 1. The summed E-state index contributed by atoms with van der Waals surface area (Å²) in [5.74, 6) is 0. The van der Waals surface area contributed by atoms with Gasteiger partial charge in [0.2, 0.25) is 0 Å². The molecule has 1 N–H and O–H groups in total. The minimum Gasteiger partial charge on any atom is -0.444 e. The number of hydrogen-bond donors (Lipinski definition) is 1. The Morgan fingerprint density at radius 1 is 1.50 bits per heavy atom. The highest BCUT2D eigenvalue weighted by molar-refractivity contribution is 6.31. The molecule has 0 spiro atoms. The van der Waals surface area contributed by atoms with Crippen LogP contribution in [-0.4, -0.2) is 6.09 Å². The molecule has 1 aromatic rings. The van der Waals surface area contributed by atoms with E-state index in [0.717, 1.165) is 11.3 Å². The summed E-state index contributed by atoms with van der Waals surface area (Å²) in [5.41, 5.74) is 1.68. The predicted molar refractivity (Wildman–Crippen MR) is 45.3 cm³/mol. The van der Waals surface area contributed by atoms with Gasteiger partial charge in [0.25, 0.3) is 0 Å². The summed E-state index contributed by atoms with van der Waals surface area (Å²) in [6, 6.07) is 5.30. The quantitative estimate of drug-likeness (QED) is 0.671. The van der Waals surface area contributed by atoms with Crippen LogP contribution in [0.3, 0.4) is 0 Å². The standard InChI is InChI=1S/C8H6ClNO2/c9-6-2-1-5-4-12-8(11)10-7(5)3-6/h1-3H,4H2,(H,10,11). The second-order valence-corrected chi connectivity index (χ2v) is 2.94. The van der Waals surface area contributed by atoms with E-state index < -0.39 is 6.09 Å². The normalized spacial score (nSPS) is 14.6. The Kier molecular flexibility index (Phi) is 1.66. The first kappa shape index (κ1) is 7.43. The molecule has 2 rings (SSSR count). The van der Waals surface area contributed by atoms with Gasteiger partial charge in [-0.05, 0) is 12.1 Å². The number of ether oxygens (including phenoxy) is 1. The molecule has 1 aliphatic heterocycles. The van der Waals surface area contributed by atoms with Gasteiger partial charge in [-0.25, -0.2) is 4.79 Å². The Morgan fingerprint density at radius 3 is 3.17 bits per heavy atom. The van der Waals surface area contributed by atoms with E-state index in [1.807, 2.05) is 6.07 Å². The Balaban J connectivity index is 2.44. The smallest absolute Gasteiger partial charge is 0.411 e. The fourth-order valence-electron chi connectivity index (χ4n) is 1.08. The summed E-state index contributed by atoms with van der Waals surface area (Å²) >= 11 is 5.73. The monoisotopic (exact) mass is 183 g/mol. The maximum Gasteiger partial charge on any atom is 0.411 e. The summed E-state index contributed by atoms with van der Waals surface area (Å²) in [4.78, 5) is 10.8. The third-order valence-electron chi connectivity index (χ3n) is 1.67. The molecule has 62 valence electrons. The van der Waals surface area contributed by atoms with E-state index in [-0.39, 0.29) is 0 Å². The van der Waals surface area contributed by atoms with Gasteiger partial charge in [-0.3, -0.25) is 5.32 Å². The highest BCUT2D eigenvalue weighted by Gasteiger charge is 2.14. The van der Waals surface area contributed by atoms with Gasteiger partial charge >= 0.3 is 6.09 Å². The topological polar surface area (TPSA) is 38.3 Å². The minimum atomic E-state index is -0.426. The molecular formula is C8H6ClNO2. The van der Waals surface area contributed by atoms with Crippen LogP contribution in [0.5, 0.6) is 0 Å². The third-order valence-corrected chi connectivity index (χ3v) is 1.90. The first-order valence-corrected chi connectivity index (χ1v) is 3.86. The molecule has 1 aromatic carbocycles. The van der Waals surface area contributed by atoms with Crippen molar-refractivity contribution in [2.75, 3.05) is 5.32 Å². The van der Waals surface area contributed by atoms with Crippen molar-refractivity contribution < 1.29 is 9.53 Å². The van der Waals surface area contributed by atoms with Crippen LogP contribution in [0.25, 0.3) is 0 Å². The van der Waals surface area contributed by atoms with Crippen molar-refractivity contribution in [3.8, 4) is 0 Å². The lowest BCUT2D eigenvalue weighted by Crippen LogP contribution is -2.19. The molecule has 1 heterocycles. The average molecular weight is 184 g/mol. The van der Waals surface area contributed by atoms with Crippen LogP contribution in [0, 0.1) is 0 Å². The zero-order valence-electron chi connectivity index (χ0n) is 6.13. The molecule has 0 atom stereocenters. The molecule has 0 radical (unpaired) electrons. The molecular weight excluding hydrogens is 178 g/mol. The van der Waals surface area contributed by atoms with E-state index in [1.165, 1.54) is 0 Å². The van der Waals surface area contributed by atoms with E-state index in [9.17, 15) is 4.79 Å². The van der Waals surface area contributed by atoms with Crippen LogP contribution in [0.4, 0.5) is 10.5 Å². The summed E-state index contributed by atoms with van der Waals surface area (Å²) in [6.45, 7) is 0.318. The Labute approximate surface area is 74.3 Å². The van der Waals surface area contributed by atoms with Crippen LogP contribution in [0.15, 0.2) is 18.2 Å². The van der Waals surface area contributed by atoms with Gasteiger partial charge in [-0.15, -0.1) is 0 Å². The van der Waals surface area contributed by atoms with Crippen molar-refractivity contribution in [2.24, 2.45) is 0 Å². The van der Waals surface area contributed by atoms with E-state index in [4.69, 9.17) is 16.3 Å². The van der Waals surface area contributed by atoms with Crippen LogP contribution < -0.4 is 5.32 Å². The molecule has 0 fully saturated rings. The van der Waals surface area contributed by atoms with Crippen molar-refractivity contribution >= 4 is 23.4 Å². The number of anilines is 1. The van der Waals surface area contributed by atoms with Crippen molar-refractivity contribution in [3.05, 3.63) is 28.8 Å². The number of benzene rings is 1. The van der Waals surface area contributed by atoms with Gasteiger partial charge in [0.15, 0.2) is 0 Å². The van der Waals surface area contributed by atoms with E-state index >= 15 is 0 Å². The summed E-state index contributed by atoms with van der Waals surface area (Å²) in [7, 11) is 0. The van der Waals surface area contributed by atoms with Crippen LogP contribution >= 0.6 is 11.6 Å². The largest absolute Gasteiger partial charge is 0.444 e. The fourth-order valence-corrected chi connectivity index (χ4v) is 1.25. The maximum atomic E-state index is 10.8. The average Bonchev–Trinajstić information content (AvgIpc) is 2.03. The number of fused-ring (bicyclic) bond motifs is 1. The Bertz CT molecular complexity index is 338. The van der Waals surface area contributed by atoms with Gasteiger partial charge < -0.3 is 4.74 Å². The molecule has 0 saturated heterocycles. The summed E-state index contributed by atoms with van der Waals surface area (Å²) in [5, 5.41) is 3.16. The lowest BCUT2D eigenvalue weighted by Gasteiger charge is -2.16.